The second-order valence-electron chi connectivity index (χ2n) is 6.05. The Morgan fingerprint density at radius 2 is 1.67 bits per heavy atom. The summed E-state index contributed by atoms with van der Waals surface area (Å²) in [5, 5.41) is 1.73. The van der Waals surface area contributed by atoms with Crippen molar-refractivity contribution >= 4 is 34.2 Å². The maximum atomic E-state index is 12.5. The predicted octanol–water partition coefficient (Wildman–Crippen LogP) is 0.314. The van der Waals surface area contributed by atoms with Gasteiger partial charge in [-0.3, -0.25) is 19.3 Å². The van der Waals surface area contributed by atoms with Gasteiger partial charge in [0.15, 0.2) is 0 Å². The predicted molar refractivity (Wildman–Crippen MR) is 90.8 cm³/mol. The maximum Gasteiger partial charge on any atom is 0.261 e. The Bertz CT molecular complexity index is 876. The van der Waals surface area contributed by atoms with E-state index in [-0.39, 0.29) is 6.54 Å². The summed E-state index contributed by atoms with van der Waals surface area (Å²) in [6.07, 6.45) is 0. The topological polar surface area (TPSA) is 110 Å². The fourth-order valence-electron chi connectivity index (χ4n) is 2.75. The first-order valence-electron chi connectivity index (χ1n) is 7.46. The maximum absolute atomic E-state index is 12.5. The van der Waals surface area contributed by atoms with E-state index in [0.717, 1.165) is 21.4 Å². The van der Waals surface area contributed by atoms with Gasteiger partial charge in [-0.05, 0) is 35.0 Å². The van der Waals surface area contributed by atoms with Crippen LogP contribution in [0.1, 0.15) is 20.7 Å². The number of nitrogens with two attached hydrogens (primary N) is 2. The zero-order chi connectivity index (χ0) is 17.6. The fraction of sp³-hybridized carbons (Fsp3) is 0.235. The standard InChI is InChI=1S/C17H18N4O3/c1-20(2)11-4-3-9-6-12-13(7-10(9)5-11)17(24)21(16(12)23)8-14(18)15(19)22/h3-7,14H,8,18H2,1-2H3,(H2,19,22)/t14-/m0/s1. The Hall–Kier alpha value is -2.93. The zero-order valence-corrected chi connectivity index (χ0v) is 13.4. The van der Waals surface area contributed by atoms with E-state index in [1.807, 2.05) is 37.2 Å². The Morgan fingerprint density at radius 3 is 2.21 bits per heavy atom. The highest BCUT2D eigenvalue weighted by molar-refractivity contribution is 6.23. The lowest BCUT2D eigenvalue weighted by atomic mass is 10.0. The molecule has 1 aliphatic heterocycles. The van der Waals surface area contributed by atoms with Crippen LogP contribution in [0, 0.1) is 0 Å². The molecule has 1 aliphatic rings. The number of amides is 3. The largest absolute Gasteiger partial charge is 0.378 e. The number of carbonyl (C=O) groups excluding carboxylic acids is 3. The molecule has 4 N–H and O–H groups in total. The first-order chi connectivity index (χ1) is 11.3. The van der Waals surface area contributed by atoms with Gasteiger partial charge in [0.25, 0.3) is 11.8 Å². The van der Waals surface area contributed by atoms with Crippen LogP contribution in [0.25, 0.3) is 10.8 Å². The van der Waals surface area contributed by atoms with Crippen LogP contribution in [-0.4, -0.2) is 49.3 Å². The summed E-state index contributed by atoms with van der Waals surface area (Å²) in [7, 11) is 3.85. The Kier molecular flexibility index (Phi) is 3.73. The molecule has 3 amide bonds. The Morgan fingerprint density at radius 1 is 1.08 bits per heavy atom. The molecule has 0 bridgehead atoms. The van der Waals surface area contributed by atoms with Gasteiger partial charge >= 0.3 is 0 Å². The SMILES string of the molecule is CN(C)c1ccc2cc3c(cc2c1)C(=O)N(C[C@H](N)C(N)=O)C3=O. The summed E-state index contributed by atoms with van der Waals surface area (Å²) in [5.41, 5.74) is 12.3. The van der Waals surface area contributed by atoms with Gasteiger partial charge in [0.2, 0.25) is 5.91 Å². The molecule has 0 saturated carbocycles. The van der Waals surface area contributed by atoms with Crippen LogP contribution in [0.4, 0.5) is 5.69 Å². The second-order valence-corrected chi connectivity index (χ2v) is 6.05. The van der Waals surface area contributed by atoms with E-state index in [1.54, 1.807) is 12.1 Å². The molecule has 0 fully saturated rings. The third kappa shape index (κ3) is 2.48. The molecule has 3 rings (SSSR count). The van der Waals surface area contributed by atoms with E-state index >= 15 is 0 Å². The third-order valence-corrected chi connectivity index (χ3v) is 4.17. The summed E-state index contributed by atoms with van der Waals surface area (Å²) < 4.78 is 0. The average Bonchev–Trinajstić information content (AvgIpc) is 2.76. The first-order valence-corrected chi connectivity index (χ1v) is 7.46. The van der Waals surface area contributed by atoms with Crippen LogP contribution in [0.5, 0.6) is 0 Å². The fourth-order valence-corrected chi connectivity index (χ4v) is 2.75. The van der Waals surface area contributed by atoms with Gasteiger partial charge in [-0.1, -0.05) is 6.07 Å². The number of carbonyl (C=O) groups is 3. The van der Waals surface area contributed by atoms with Gasteiger partial charge in [-0.15, -0.1) is 0 Å². The van der Waals surface area contributed by atoms with Gasteiger partial charge in [-0.25, -0.2) is 0 Å². The lowest BCUT2D eigenvalue weighted by molar-refractivity contribution is -0.119. The van der Waals surface area contributed by atoms with Crippen LogP contribution >= 0.6 is 0 Å². The van der Waals surface area contributed by atoms with Gasteiger partial charge < -0.3 is 16.4 Å². The van der Waals surface area contributed by atoms with Crippen LogP contribution < -0.4 is 16.4 Å². The van der Waals surface area contributed by atoms with E-state index in [4.69, 9.17) is 11.5 Å². The number of rotatable bonds is 4. The highest BCUT2D eigenvalue weighted by Gasteiger charge is 2.37. The second kappa shape index (κ2) is 5.61. The van der Waals surface area contributed by atoms with Crippen LogP contribution in [-0.2, 0) is 4.79 Å². The van der Waals surface area contributed by atoms with Crippen molar-refractivity contribution < 1.29 is 14.4 Å². The lowest BCUT2D eigenvalue weighted by Gasteiger charge is -2.16. The van der Waals surface area contributed by atoms with Crippen molar-refractivity contribution in [1.29, 1.82) is 0 Å². The number of anilines is 1. The molecule has 7 nitrogen and oxygen atoms in total. The van der Waals surface area contributed by atoms with Crippen molar-refractivity contribution in [2.75, 3.05) is 25.5 Å². The number of fused-ring (bicyclic) bond motifs is 2. The lowest BCUT2D eigenvalue weighted by Crippen LogP contribution is -2.47. The normalized spacial score (nSPS) is 14.9. The molecule has 7 heteroatoms. The van der Waals surface area contributed by atoms with E-state index in [1.165, 1.54) is 0 Å². The number of hydrogen-bond donors (Lipinski definition) is 2. The molecule has 1 atom stereocenters. The van der Waals surface area contributed by atoms with E-state index in [0.29, 0.717) is 11.1 Å². The van der Waals surface area contributed by atoms with Crippen molar-refractivity contribution in [3.05, 3.63) is 41.5 Å². The van der Waals surface area contributed by atoms with Crippen molar-refractivity contribution in [3.8, 4) is 0 Å². The van der Waals surface area contributed by atoms with Crippen molar-refractivity contribution in [2.45, 2.75) is 6.04 Å². The molecular weight excluding hydrogens is 308 g/mol. The van der Waals surface area contributed by atoms with Crippen molar-refractivity contribution in [1.82, 2.24) is 4.90 Å². The van der Waals surface area contributed by atoms with Crippen LogP contribution in [0.15, 0.2) is 30.3 Å². The molecular formula is C17H18N4O3. The average molecular weight is 326 g/mol. The molecule has 0 saturated heterocycles. The van der Waals surface area contributed by atoms with Gasteiger partial charge in [0, 0.05) is 19.8 Å². The van der Waals surface area contributed by atoms with Crippen molar-refractivity contribution in [3.63, 3.8) is 0 Å². The first kappa shape index (κ1) is 15.9. The number of hydrogen-bond acceptors (Lipinski definition) is 5. The number of nitrogens with zero attached hydrogens (tertiary/aromatic N) is 2. The summed E-state index contributed by atoms with van der Waals surface area (Å²) in [4.78, 5) is 39.0. The van der Waals surface area contributed by atoms with E-state index in [2.05, 4.69) is 0 Å². The van der Waals surface area contributed by atoms with E-state index in [9.17, 15) is 14.4 Å². The molecule has 124 valence electrons. The monoisotopic (exact) mass is 326 g/mol. The quantitative estimate of drug-likeness (QED) is 0.786. The highest BCUT2D eigenvalue weighted by Crippen LogP contribution is 2.30. The molecule has 0 radical (unpaired) electrons. The Labute approximate surface area is 138 Å². The molecule has 2 aromatic rings. The zero-order valence-electron chi connectivity index (χ0n) is 13.4. The van der Waals surface area contributed by atoms with Crippen LogP contribution in [0.2, 0.25) is 0 Å². The Balaban J connectivity index is 2.04. The van der Waals surface area contributed by atoms with Gasteiger partial charge in [0.1, 0.15) is 6.04 Å². The summed E-state index contributed by atoms with van der Waals surface area (Å²) in [6, 6.07) is 8.11. The molecule has 0 unspecified atom stereocenters. The van der Waals surface area contributed by atoms with Gasteiger partial charge in [0.05, 0.1) is 17.7 Å². The molecule has 0 aliphatic carbocycles. The van der Waals surface area contributed by atoms with E-state index < -0.39 is 23.8 Å². The molecule has 0 aromatic heterocycles. The third-order valence-electron chi connectivity index (χ3n) is 4.17. The molecule has 0 spiro atoms. The smallest absolute Gasteiger partial charge is 0.261 e. The summed E-state index contributed by atoms with van der Waals surface area (Å²) in [5.74, 6) is -1.67. The minimum Gasteiger partial charge on any atom is -0.378 e. The van der Waals surface area contributed by atoms with Gasteiger partial charge in [-0.2, -0.15) is 0 Å². The minimum atomic E-state index is -1.08. The van der Waals surface area contributed by atoms with Crippen LogP contribution in [0.3, 0.4) is 0 Å². The number of primary amides is 1. The number of imide groups is 1. The molecule has 24 heavy (non-hydrogen) atoms. The number of benzene rings is 2. The molecule has 1 heterocycles. The summed E-state index contributed by atoms with van der Waals surface area (Å²) in [6.45, 7) is -0.221. The van der Waals surface area contributed by atoms with Crippen molar-refractivity contribution in [2.24, 2.45) is 11.5 Å². The summed E-state index contributed by atoms with van der Waals surface area (Å²) >= 11 is 0. The minimum absolute atomic E-state index is 0.221. The molecule has 2 aromatic carbocycles. The highest BCUT2D eigenvalue weighted by atomic mass is 16.2.